The molecule has 1 aliphatic heterocycles. The van der Waals surface area contributed by atoms with Gasteiger partial charge in [0.1, 0.15) is 11.5 Å². The fourth-order valence-corrected chi connectivity index (χ4v) is 4.91. The summed E-state index contributed by atoms with van der Waals surface area (Å²) in [6.07, 6.45) is 0. The van der Waals surface area contributed by atoms with Crippen molar-refractivity contribution in [2.24, 2.45) is 0 Å². The molecule has 5 rings (SSSR count). The predicted molar refractivity (Wildman–Crippen MR) is 149 cm³/mol. The van der Waals surface area contributed by atoms with Crippen LogP contribution in [0.5, 0.6) is 5.75 Å². The van der Waals surface area contributed by atoms with Crippen LogP contribution in [0.15, 0.2) is 66.2 Å². The third kappa shape index (κ3) is 4.33. The number of aryl methyl sites for hydroxylation is 1. The highest BCUT2D eigenvalue weighted by atomic mass is 35.5. The van der Waals surface area contributed by atoms with Gasteiger partial charge in [0.25, 0.3) is 5.78 Å². The number of aromatic nitrogens is 2. The number of imidazole rings is 1. The number of halogens is 1. The van der Waals surface area contributed by atoms with Gasteiger partial charge in [0, 0.05) is 5.56 Å². The Morgan fingerprint density at radius 3 is 2.42 bits per heavy atom. The van der Waals surface area contributed by atoms with Crippen LogP contribution in [0, 0.1) is 6.92 Å². The summed E-state index contributed by atoms with van der Waals surface area (Å²) in [5.41, 5.74) is 4.37. The normalized spacial score (nSPS) is 17.4. The zero-order valence-electron chi connectivity index (χ0n) is 21.8. The Morgan fingerprint density at radius 1 is 1.05 bits per heavy atom. The number of benzene rings is 3. The van der Waals surface area contributed by atoms with Gasteiger partial charge in [0.2, 0.25) is 5.95 Å². The number of nitrogens with one attached hydrogen (secondary N) is 1. The minimum absolute atomic E-state index is 0.0421. The smallest absolute Gasteiger partial charge is 0.302 e. The lowest BCUT2D eigenvalue weighted by atomic mass is 9.85. The number of H-pyrrole nitrogens is 1. The number of rotatable bonds is 4. The minimum Gasteiger partial charge on any atom is -0.507 e. The first-order valence-electron chi connectivity index (χ1n) is 12.2. The highest BCUT2D eigenvalue weighted by Crippen LogP contribution is 2.43. The van der Waals surface area contributed by atoms with Crippen LogP contribution in [0.4, 0.5) is 5.95 Å². The first-order valence-corrected chi connectivity index (χ1v) is 12.6. The van der Waals surface area contributed by atoms with Crippen molar-refractivity contribution in [1.82, 2.24) is 9.97 Å². The lowest BCUT2D eigenvalue weighted by molar-refractivity contribution is -0.132. The number of fused-ring (bicyclic) bond motifs is 1. The van der Waals surface area contributed by atoms with Crippen LogP contribution in [-0.2, 0) is 15.0 Å². The second kappa shape index (κ2) is 9.33. The molecular formula is C30H28ClN3O4. The summed E-state index contributed by atoms with van der Waals surface area (Å²) in [7, 11) is 1.46. The van der Waals surface area contributed by atoms with Gasteiger partial charge in [-0.15, -0.1) is 0 Å². The molecular weight excluding hydrogens is 502 g/mol. The number of methoxy groups -OCH3 is 1. The largest absolute Gasteiger partial charge is 0.507 e. The number of aliphatic hydroxyl groups excluding tert-OH is 1. The van der Waals surface area contributed by atoms with Crippen LogP contribution in [0.25, 0.3) is 16.8 Å². The number of amides is 1. The van der Waals surface area contributed by atoms with Crippen LogP contribution in [0.1, 0.15) is 49.1 Å². The van der Waals surface area contributed by atoms with E-state index in [2.05, 4.69) is 30.7 Å². The monoisotopic (exact) mass is 529 g/mol. The number of nitrogens with zero attached hydrogens (tertiary/aromatic N) is 2. The van der Waals surface area contributed by atoms with Crippen LogP contribution in [0.2, 0.25) is 5.02 Å². The minimum atomic E-state index is -0.910. The zero-order valence-corrected chi connectivity index (χ0v) is 22.6. The van der Waals surface area contributed by atoms with E-state index in [9.17, 15) is 14.7 Å². The highest BCUT2D eigenvalue weighted by molar-refractivity contribution is 6.51. The van der Waals surface area contributed by atoms with Gasteiger partial charge in [-0.1, -0.05) is 62.7 Å². The molecule has 1 aromatic heterocycles. The first kappa shape index (κ1) is 25.5. The average Bonchev–Trinajstić information content (AvgIpc) is 3.41. The number of anilines is 1. The maximum atomic E-state index is 13.5. The van der Waals surface area contributed by atoms with Gasteiger partial charge in [-0.2, -0.15) is 0 Å². The molecule has 1 amide bonds. The number of carbonyl (C=O) groups is 2. The molecule has 0 aliphatic carbocycles. The van der Waals surface area contributed by atoms with Crippen molar-refractivity contribution in [3.63, 3.8) is 0 Å². The average molecular weight is 530 g/mol. The number of ether oxygens (including phenoxy) is 1. The molecule has 0 radical (unpaired) electrons. The van der Waals surface area contributed by atoms with E-state index in [0.717, 1.165) is 16.6 Å². The molecule has 0 saturated carbocycles. The Balaban J connectivity index is 1.72. The number of carbonyl (C=O) groups excluding carboxylic acids is 2. The quantitative estimate of drug-likeness (QED) is 0.180. The van der Waals surface area contributed by atoms with Crippen molar-refractivity contribution in [2.75, 3.05) is 12.0 Å². The van der Waals surface area contributed by atoms with Gasteiger partial charge in [-0.05, 0) is 59.4 Å². The van der Waals surface area contributed by atoms with Gasteiger partial charge >= 0.3 is 5.91 Å². The number of Topliss-reactive ketones (excluding diaryl/α,β-unsaturated/α-hetero) is 1. The third-order valence-corrected chi connectivity index (χ3v) is 7.13. The summed E-state index contributed by atoms with van der Waals surface area (Å²) < 4.78 is 5.29. The molecule has 0 bridgehead atoms. The van der Waals surface area contributed by atoms with E-state index in [1.165, 1.54) is 18.1 Å². The Hall–Kier alpha value is -4.10. The Bertz CT molecular complexity index is 1610. The Labute approximate surface area is 225 Å². The summed E-state index contributed by atoms with van der Waals surface area (Å²) in [6, 6.07) is 17.2. The van der Waals surface area contributed by atoms with E-state index in [-0.39, 0.29) is 22.7 Å². The van der Waals surface area contributed by atoms with Crippen molar-refractivity contribution < 1.29 is 19.4 Å². The summed E-state index contributed by atoms with van der Waals surface area (Å²) in [4.78, 5) is 36.1. The van der Waals surface area contributed by atoms with Crippen LogP contribution in [-0.4, -0.2) is 33.9 Å². The topological polar surface area (TPSA) is 95.5 Å². The molecule has 1 saturated heterocycles. The lowest BCUT2D eigenvalue weighted by Crippen LogP contribution is -2.30. The van der Waals surface area contributed by atoms with E-state index in [1.807, 2.05) is 49.4 Å². The maximum absolute atomic E-state index is 13.5. The molecule has 4 aromatic rings. The fourth-order valence-electron chi connectivity index (χ4n) is 4.72. The van der Waals surface area contributed by atoms with Gasteiger partial charge in [-0.25, -0.2) is 4.98 Å². The lowest BCUT2D eigenvalue weighted by Gasteiger charge is -2.25. The van der Waals surface area contributed by atoms with Crippen molar-refractivity contribution in [3.8, 4) is 5.75 Å². The third-order valence-electron chi connectivity index (χ3n) is 6.81. The molecule has 2 heterocycles. The van der Waals surface area contributed by atoms with Crippen LogP contribution in [0.3, 0.4) is 0 Å². The van der Waals surface area contributed by atoms with Crippen molar-refractivity contribution >= 4 is 46.0 Å². The highest BCUT2D eigenvalue weighted by Gasteiger charge is 2.48. The summed E-state index contributed by atoms with van der Waals surface area (Å²) in [5, 5.41) is 11.8. The number of hydrogen-bond acceptors (Lipinski definition) is 5. The fraction of sp³-hybridized carbons (Fsp3) is 0.233. The van der Waals surface area contributed by atoms with Gasteiger partial charge in [-0.3, -0.25) is 14.5 Å². The molecule has 38 heavy (non-hydrogen) atoms. The molecule has 8 heteroatoms. The van der Waals surface area contributed by atoms with Crippen LogP contribution >= 0.6 is 11.6 Å². The summed E-state index contributed by atoms with van der Waals surface area (Å²) in [5.74, 6) is -1.35. The van der Waals surface area contributed by atoms with Crippen molar-refractivity contribution in [3.05, 3.63) is 93.5 Å². The van der Waals surface area contributed by atoms with Crippen molar-refractivity contribution in [2.45, 2.75) is 39.2 Å². The molecule has 0 spiro atoms. The molecule has 2 N–H and O–H groups in total. The molecule has 1 unspecified atom stereocenters. The van der Waals surface area contributed by atoms with Gasteiger partial charge in [0.15, 0.2) is 0 Å². The molecule has 194 valence electrons. The van der Waals surface area contributed by atoms with E-state index < -0.39 is 17.7 Å². The molecule has 1 aliphatic rings. The molecule has 1 atom stereocenters. The Morgan fingerprint density at radius 2 is 1.76 bits per heavy atom. The number of ketones is 1. The molecule has 3 aromatic carbocycles. The molecule has 7 nitrogen and oxygen atoms in total. The zero-order chi connectivity index (χ0) is 27.4. The maximum Gasteiger partial charge on any atom is 0.302 e. The number of aliphatic hydroxyl groups is 1. The molecule has 1 fully saturated rings. The van der Waals surface area contributed by atoms with Gasteiger partial charge in [0.05, 0.1) is 34.8 Å². The standard InChI is InChI=1S/C30H28ClN3O4/c1-16-6-13-21-22(14-16)33-29(32-21)34-25(17-7-10-19(11-8-17)30(2,3)4)24(27(36)28(34)37)26(35)18-9-12-20(31)23(15-18)38-5/h6-15,25,35H,1-5H3,(H,32,33)/b26-24+. The SMILES string of the molecule is COc1cc(/C(O)=C2\C(=O)C(=O)N(c3nc4ccc(C)cc4[nH]3)C2c2ccc(C(C)(C)C)cc2)ccc1Cl. The number of aromatic amines is 1. The summed E-state index contributed by atoms with van der Waals surface area (Å²) >= 11 is 6.18. The van der Waals surface area contributed by atoms with Crippen molar-refractivity contribution in [1.29, 1.82) is 0 Å². The van der Waals surface area contributed by atoms with Crippen LogP contribution < -0.4 is 9.64 Å². The van der Waals surface area contributed by atoms with Gasteiger partial charge < -0.3 is 14.8 Å². The van der Waals surface area contributed by atoms with E-state index in [0.29, 0.717) is 27.4 Å². The predicted octanol–water partition coefficient (Wildman–Crippen LogP) is 6.46. The second-order valence-electron chi connectivity index (χ2n) is 10.5. The van der Waals surface area contributed by atoms with E-state index in [1.54, 1.807) is 12.1 Å². The number of hydrogen-bond donors (Lipinski definition) is 2. The first-order chi connectivity index (χ1) is 18.0. The Kier molecular flexibility index (Phi) is 6.27. The van der Waals surface area contributed by atoms with E-state index >= 15 is 0 Å². The second-order valence-corrected chi connectivity index (χ2v) is 10.9. The summed E-state index contributed by atoms with van der Waals surface area (Å²) in [6.45, 7) is 8.29. The van der Waals surface area contributed by atoms with E-state index in [4.69, 9.17) is 16.3 Å².